The second-order valence-electron chi connectivity index (χ2n) is 5.30. The van der Waals surface area contributed by atoms with Gasteiger partial charge in [-0.2, -0.15) is 0 Å². The molecule has 2 amide bonds. The number of hydrogen-bond donors (Lipinski definition) is 2. The van der Waals surface area contributed by atoms with Crippen LogP contribution in [0.15, 0.2) is 12.2 Å². The van der Waals surface area contributed by atoms with Crippen molar-refractivity contribution in [2.45, 2.75) is 39.3 Å². The highest BCUT2D eigenvalue weighted by Crippen LogP contribution is 2.06. The maximum Gasteiger partial charge on any atom is 0.328 e. The molecule has 0 aromatic heterocycles. The lowest BCUT2D eigenvalue weighted by molar-refractivity contribution is -0.145. The second-order valence-corrected chi connectivity index (χ2v) is 5.30. The Morgan fingerprint density at radius 2 is 1.35 bits per heavy atom. The lowest BCUT2D eigenvalue weighted by Gasteiger charge is -2.17. The summed E-state index contributed by atoms with van der Waals surface area (Å²) in [6, 6.07) is -1.61. The number of ether oxygens (including phenoxy) is 2. The van der Waals surface area contributed by atoms with Gasteiger partial charge in [-0.1, -0.05) is 13.8 Å². The van der Waals surface area contributed by atoms with Gasteiger partial charge in [-0.15, -0.1) is 0 Å². The molecule has 0 heterocycles. The van der Waals surface area contributed by atoms with E-state index in [2.05, 4.69) is 20.1 Å². The van der Waals surface area contributed by atoms with Gasteiger partial charge in [0.1, 0.15) is 12.1 Å². The zero-order valence-electron chi connectivity index (χ0n) is 14.0. The lowest BCUT2D eigenvalue weighted by Crippen LogP contribution is -2.42. The van der Waals surface area contributed by atoms with Crippen molar-refractivity contribution in [3.8, 4) is 0 Å². The Morgan fingerprint density at radius 1 is 0.870 bits per heavy atom. The quantitative estimate of drug-likeness (QED) is 0.476. The molecular formula is C15H24N2O6. The van der Waals surface area contributed by atoms with Gasteiger partial charge < -0.3 is 20.1 Å². The number of amides is 2. The standard InChI is InChI=1S/C15H24N2O6/c1-9(2)8-11(15(21)23-5)17-13(19)7-6-12(18)16-10(3)14(20)22-4/h6-7,9-11H,8H2,1-5H3,(H,16,18)(H,17,19)/b7-6+/t10-,11-/m0/s1. The summed E-state index contributed by atoms with van der Waals surface area (Å²) in [6.45, 7) is 5.26. The number of carbonyl (C=O) groups excluding carboxylic acids is 4. The molecule has 0 radical (unpaired) electrons. The smallest absolute Gasteiger partial charge is 0.328 e. The van der Waals surface area contributed by atoms with Gasteiger partial charge in [-0.05, 0) is 19.3 Å². The van der Waals surface area contributed by atoms with Gasteiger partial charge in [0, 0.05) is 12.2 Å². The Morgan fingerprint density at radius 3 is 1.78 bits per heavy atom. The molecule has 0 aliphatic rings. The summed E-state index contributed by atoms with van der Waals surface area (Å²) in [5.74, 6) is -2.21. The summed E-state index contributed by atoms with van der Waals surface area (Å²) in [5.41, 5.74) is 0. The van der Waals surface area contributed by atoms with Crippen molar-refractivity contribution < 1.29 is 28.7 Å². The summed E-state index contributed by atoms with van der Waals surface area (Å²) in [4.78, 5) is 46.0. The van der Waals surface area contributed by atoms with Gasteiger partial charge in [0.25, 0.3) is 0 Å². The van der Waals surface area contributed by atoms with Gasteiger partial charge in [0.05, 0.1) is 14.2 Å². The first-order valence-electron chi connectivity index (χ1n) is 7.16. The summed E-state index contributed by atoms with van der Waals surface area (Å²) in [7, 11) is 2.44. The molecule has 8 nitrogen and oxygen atoms in total. The SMILES string of the molecule is COC(=O)[C@H](C)NC(=O)/C=C/C(=O)N[C@@H](CC(C)C)C(=O)OC. The molecule has 0 bridgehead atoms. The van der Waals surface area contributed by atoms with E-state index in [9.17, 15) is 19.2 Å². The molecule has 0 spiro atoms. The van der Waals surface area contributed by atoms with Crippen LogP contribution in [0.5, 0.6) is 0 Å². The predicted octanol–water partition coefficient (Wildman–Crippen LogP) is -0.0758. The maximum atomic E-state index is 11.8. The molecule has 0 saturated carbocycles. The van der Waals surface area contributed by atoms with E-state index >= 15 is 0 Å². The van der Waals surface area contributed by atoms with Crippen molar-refractivity contribution in [3.63, 3.8) is 0 Å². The molecular weight excluding hydrogens is 304 g/mol. The Bertz CT molecular complexity index is 473. The third-order valence-corrected chi connectivity index (χ3v) is 2.81. The van der Waals surface area contributed by atoms with E-state index in [1.807, 2.05) is 13.8 Å². The van der Waals surface area contributed by atoms with Crippen LogP contribution < -0.4 is 10.6 Å². The van der Waals surface area contributed by atoms with Crippen LogP contribution >= 0.6 is 0 Å². The van der Waals surface area contributed by atoms with Crippen molar-refractivity contribution in [3.05, 3.63) is 12.2 Å². The molecule has 0 aromatic rings. The third-order valence-electron chi connectivity index (χ3n) is 2.81. The van der Waals surface area contributed by atoms with Crippen molar-refractivity contribution in [2.75, 3.05) is 14.2 Å². The molecule has 23 heavy (non-hydrogen) atoms. The summed E-state index contributed by atoms with van der Waals surface area (Å²) < 4.78 is 9.08. The summed E-state index contributed by atoms with van der Waals surface area (Å²) in [5, 5.41) is 4.80. The molecule has 0 aliphatic carbocycles. The fraction of sp³-hybridized carbons (Fsp3) is 0.600. The number of rotatable bonds is 8. The second kappa shape index (κ2) is 10.4. The van der Waals surface area contributed by atoms with Crippen molar-refractivity contribution in [2.24, 2.45) is 5.92 Å². The average Bonchev–Trinajstić information content (AvgIpc) is 2.50. The van der Waals surface area contributed by atoms with E-state index in [4.69, 9.17) is 0 Å². The number of nitrogens with one attached hydrogen (secondary N) is 2. The Hall–Kier alpha value is -2.38. The van der Waals surface area contributed by atoms with Crippen LogP contribution in [0.25, 0.3) is 0 Å². The van der Waals surface area contributed by atoms with Gasteiger partial charge in [0.15, 0.2) is 0 Å². The molecule has 0 fully saturated rings. The van der Waals surface area contributed by atoms with Crippen LogP contribution in [0.2, 0.25) is 0 Å². The lowest BCUT2D eigenvalue weighted by atomic mass is 10.0. The molecule has 8 heteroatoms. The Kier molecular flexibility index (Phi) is 9.29. The molecule has 0 unspecified atom stereocenters. The van der Waals surface area contributed by atoms with E-state index in [0.29, 0.717) is 6.42 Å². The van der Waals surface area contributed by atoms with Gasteiger partial charge in [-0.3, -0.25) is 9.59 Å². The molecule has 2 N–H and O–H groups in total. The highest BCUT2D eigenvalue weighted by Gasteiger charge is 2.21. The number of methoxy groups -OCH3 is 2. The topological polar surface area (TPSA) is 111 Å². The molecule has 0 aliphatic heterocycles. The third kappa shape index (κ3) is 8.60. The first-order valence-corrected chi connectivity index (χ1v) is 7.16. The minimum atomic E-state index is -0.830. The van der Waals surface area contributed by atoms with Gasteiger partial charge >= 0.3 is 11.9 Å². The van der Waals surface area contributed by atoms with Crippen molar-refractivity contribution >= 4 is 23.8 Å². The van der Waals surface area contributed by atoms with E-state index < -0.39 is 35.8 Å². The van der Waals surface area contributed by atoms with Crippen molar-refractivity contribution in [1.29, 1.82) is 0 Å². The fourth-order valence-corrected chi connectivity index (χ4v) is 1.70. The Labute approximate surface area is 135 Å². The minimum Gasteiger partial charge on any atom is -0.467 e. The molecule has 0 saturated heterocycles. The largest absolute Gasteiger partial charge is 0.467 e. The van der Waals surface area contributed by atoms with Crippen LogP contribution in [-0.4, -0.2) is 50.1 Å². The number of hydrogen-bond acceptors (Lipinski definition) is 6. The zero-order valence-corrected chi connectivity index (χ0v) is 14.0. The summed E-state index contributed by atoms with van der Waals surface area (Å²) >= 11 is 0. The van der Waals surface area contributed by atoms with Crippen LogP contribution in [-0.2, 0) is 28.7 Å². The van der Waals surface area contributed by atoms with Crippen LogP contribution in [0.1, 0.15) is 27.2 Å². The van der Waals surface area contributed by atoms with Crippen molar-refractivity contribution in [1.82, 2.24) is 10.6 Å². The maximum absolute atomic E-state index is 11.8. The van der Waals surface area contributed by atoms with Gasteiger partial charge in [-0.25, -0.2) is 9.59 Å². The van der Waals surface area contributed by atoms with Crippen LogP contribution in [0, 0.1) is 5.92 Å². The molecule has 0 rings (SSSR count). The highest BCUT2D eigenvalue weighted by atomic mass is 16.5. The van der Waals surface area contributed by atoms with Crippen LogP contribution in [0.4, 0.5) is 0 Å². The monoisotopic (exact) mass is 328 g/mol. The number of carbonyl (C=O) groups is 4. The number of esters is 2. The Balaban J connectivity index is 4.57. The zero-order chi connectivity index (χ0) is 18.0. The average molecular weight is 328 g/mol. The normalized spacial score (nSPS) is 13.3. The predicted molar refractivity (Wildman–Crippen MR) is 82.2 cm³/mol. The van der Waals surface area contributed by atoms with E-state index in [-0.39, 0.29) is 5.92 Å². The molecule has 130 valence electrons. The highest BCUT2D eigenvalue weighted by molar-refractivity contribution is 5.99. The fourth-order valence-electron chi connectivity index (χ4n) is 1.70. The molecule has 0 aromatic carbocycles. The van der Waals surface area contributed by atoms with E-state index in [1.165, 1.54) is 21.1 Å². The van der Waals surface area contributed by atoms with E-state index in [1.54, 1.807) is 0 Å². The first-order chi connectivity index (χ1) is 10.7. The molecule has 2 atom stereocenters. The van der Waals surface area contributed by atoms with Crippen LogP contribution in [0.3, 0.4) is 0 Å². The summed E-state index contributed by atoms with van der Waals surface area (Å²) in [6.07, 6.45) is 2.37. The van der Waals surface area contributed by atoms with Gasteiger partial charge in [0.2, 0.25) is 11.8 Å². The minimum absolute atomic E-state index is 0.174. The van der Waals surface area contributed by atoms with E-state index in [0.717, 1.165) is 12.2 Å². The first kappa shape index (κ1) is 20.6.